The molecule has 8 nitrogen and oxygen atoms in total. The number of aromatic nitrogens is 2. The highest BCUT2D eigenvalue weighted by Gasteiger charge is 2.29. The maximum atomic E-state index is 12.8. The number of anilines is 1. The quantitative estimate of drug-likeness (QED) is 0.509. The third kappa shape index (κ3) is 6.32. The molecule has 2 aliphatic rings. The maximum Gasteiger partial charge on any atom is 0.226 e. The van der Waals surface area contributed by atoms with E-state index in [1.807, 2.05) is 36.4 Å². The predicted molar refractivity (Wildman–Crippen MR) is 150 cm³/mol. The van der Waals surface area contributed by atoms with Crippen molar-refractivity contribution in [3.8, 4) is 11.3 Å². The minimum absolute atomic E-state index is 0.112. The monoisotopic (exact) mass is 536 g/mol. The molecular formula is C29H36N4O4S. The maximum absolute atomic E-state index is 12.8. The van der Waals surface area contributed by atoms with E-state index >= 15 is 0 Å². The van der Waals surface area contributed by atoms with E-state index in [0.717, 1.165) is 53.8 Å². The molecule has 1 amide bonds. The molecule has 1 aliphatic carbocycles. The second kappa shape index (κ2) is 11.0. The SMILES string of the molecule is C[C@@H]1CN(c2cccc(-c3ccc4cnc(CC(=O)N[C@H]5CCCC(S(C)(=O)=O)C5)cc4c3)n2)C[C@H](C)O1. The normalized spacial score (nSPS) is 24.3. The van der Waals surface area contributed by atoms with Crippen LogP contribution in [-0.2, 0) is 25.8 Å². The minimum Gasteiger partial charge on any atom is -0.372 e. The lowest BCUT2D eigenvalue weighted by atomic mass is 9.95. The average molecular weight is 537 g/mol. The zero-order valence-corrected chi connectivity index (χ0v) is 23.1. The number of fused-ring (bicyclic) bond motifs is 1. The Hall–Kier alpha value is -3.04. The van der Waals surface area contributed by atoms with Gasteiger partial charge in [0.2, 0.25) is 5.91 Å². The zero-order valence-electron chi connectivity index (χ0n) is 22.3. The van der Waals surface area contributed by atoms with Crippen LogP contribution >= 0.6 is 0 Å². The Kier molecular flexibility index (Phi) is 7.68. The molecule has 1 aliphatic heterocycles. The Balaban J connectivity index is 1.30. The summed E-state index contributed by atoms with van der Waals surface area (Å²) in [6, 6.07) is 14.1. The second-order valence-corrected chi connectivity index (χ2v) is 13.2. The molecule has 0 radical (unpaired) electrons. The van der Waals surface area contributed by atoms with Gasteiger partial charge in [-0.05, 0) is 62.8 Å². The fourth-order valence-electron chi connectivity index (χ4n) is 5.68. The van der Waals surface area contributed by atoms with Crippen LogP contribution in [0, 0.1) is 0 Å². The van der Waals surface area contributed by atoms with Crippen molar-refractivity contribution in [2.45, 2.75) is 69.5 Å². The number of nitrogens with one attached hydrogen (secondary N) is 1. The highest BCUT2D eigenvalue weighted by molar-refractivity contribution is 7.91. The summed E-state index contributed by atoms with van der Waals surface area (Å²) in [5.74, 6) is 0.813. The number of amides is 1. The van der Waals surface area contributed by atoms with Gasteiger partial charge in [0.05, 0.1) is 35.3 Å². The Morgan fingerprint density at radius 1 is 1.08 bits per heavy atom. The third-order valence-corrected chi connectivity index (χ3v) is 9.13. The highest BCUT2D eigenvalue weighted by Crippen LogP contribution is 2.27. The Morgan fingerprint density at radius 3 is 2.63 bits per heavy atom. The van der Waals surface area contributed by atoms with E-state index < -0.39 is 9.84 Å². The van der Waals surface area contributed by atoms with Crippen molar-refractivity contribution in [2.75, 3.05) is 24.2 Å². The molecular weight excluding hydrogens is 500 g/mol. The van der Waals surface area contributed by atoms with Crippen molar-refractivity contribution in [1.29, 1.82) is 0 Å². The summed E-state index contributed by atoms with van der Waals surface area (Å²) < 4.78 is 29.8. The minimum atomic E-state index is -3.10. The van der Waals surface area contributed by atoms with Crippen molar-refractivity contribution in [1.82, 2.24) is 15.3 Å². The first-order valence-corrected chi connectivity index (χ1v) is 15.3. The predicted octanol–water partition coefficient (Wildman–Crippen LogP) is 3.92. The second-order valence-electron chi connectivity index (χ2n) is 10.8. The van der Waals surface area contributed by atoms with Gasteiger partial charge in [-0.2, -0.15) is 0 Å². The van der Waals surface area contributed by atoms with E-state index in [9.17, 15) is 13.2 Å². The van der Waals surface area contributed by atoms with Gasteiger partial charge in [0.1, 0.15) is 15.7 Å². The Bertz CT molecular complexity index is 1420. The molecule has 5 rings (SSSR count). The molecule has 3 aromatic rings. The number of morpholine rings is 1. The Labute approximate surface area is 224 Å². The number of hydrogen-bond donors (Lipinski definition) is 1. The van der Waals surface area contributed by atoms with Gasteiger partial charge in [-0.3, -0.25) is 9.78 Å². The lowest BCUT2D eigenvalue weighted by Gasteiger charge is -2.36. The molecule has 2 fully saturated rings. The molecule has 202 valence electrons. The van der Waals surface area contributed by atoms with Crippen LogP contribution in [0.25, 0.3) is 22.0 Å². The van der Waals surface area contributed by atoms with Crippen molar-refractivity contribution >= 4 is 32.3 Å². The molecule has 1 unspecified atom stereocenters. The van der Waals surface area contributed by atoms with Gasteiger partial charge in [0.25, 0.3) is 0 Å². The number of rotatable bonds is 6. The molecule has 4 atom stereocenters. The van der Waals surface area contributed by atoms with Crippen molar-refractivity contribution in [3.63, 3.8) is 0 Å². The van der Waals surface area contributed by atoms with E-state index in [2.05, 4.69) is 35.1 Å². The summed E-state index contributed by atoms with van der Waals surface area (Å²) in [6.45, 7) is 5.79. The molecule has 1 saturated carbocycles. The molecule has 2 aromatic heterocycles. The van der Waals surface area contributed by atoms with E-state index in [-0.39, 0.29) is 35.8 Å². The van der Waals surface area contributed by atoms with Crippen molar-refractivity contribution in [3.05, 3.63) is 54.4 Å². The van der Waals surface area contributed by atoms with Crippen LogP contribution in [-0.4, -0.2) is 67.1 Å². The largest absolute Gasteiger partial charge is 0.372 e. The fourth-order valence-corrected chi connectivity index (χ4v) is 6.85. The number of nitrogens with zero attached hydrogens (tertiary/aromatic N) is 3. The molecule has 9 heteroatoms. The van der Waals surface area contributed by atoms with Crippen LogP contribution in [0.1, 0.15) is 45.2 Å². The number of pyridine rings is 2. The van der Waals surface area contributed by atoms with E-state index in [1.54, 1.807) is 6.20 Å². The van der Waals surface area contributed by atoms with E-state index in [1.165, 1.54) is 6.26 Å². The van der Waals surface area contributed by atoms with Gasteiger partial charge in [-0.1, -0.05) is 24.6 Å². The summed E-state index contributed by atoms with van der Waals surface area (Å²) in [4.78, 5) is 24.5. The van der Waals surface area contributed by atoms with Crippen LogP contribution < -0.4 is 10.2 Å². The highest BCUT2D eigenvalue weighted by atomic mass is 32.2. The van der Waals surface area contributed by atoms with Gasteiger partial charge >= 0.3 is 0 Å². The summed E-state index contributed by atoms with van der Waals surface area (Å²) in [7, 11) is -3.10. The average Bonchev–Trinajstić information content (AvgIpc) is 2.87. The number of carbonyl (C=O) groups is 1. The summed E-state index contributed by atoms with van der Waals surface area (Å²) >= 11 is 0. The smallest absolute Gasteiger partial charge is 0.226 e. The van der Waals surface area contributed by atoms with Crippen LogP contribution in [0.5, 0.6) is 0 Å². The first-order chi connectivity index (χ1) is 18.1. The molecule has 3 heterocycles. The Morgan fingerprint density at radius 2 is 1.87 bits per heavy atom. The summed E-state index contributed by atoms with van der Waals surface area (Å²) in [5.41, 5.74) is 2.58. The van der Waals surface area contributed by atoms with Crippen LogP contribution in [0.15, 0.2) is 48.7 Å². The summed E-state index contributed by atoms with van der Waals surface area (Å²) in [5, 5.41) is 4.65. The lowest BCUT2D eigenvalue weighted by molar-refractivity contribution is -0.121. The van der Waals surface area contributed by atoms with Gasteiger partial charge in [0, 0.05) is 42.5 Å². The first-order valence-electron chi connectivity index (χ1n) is 13.4. The van der Waals surface area contributed by atoms with Gasteiger partial charge in [0.15, 0.2) is 0 Å². The van der Waals surface area contributed by atoms with Crippen LogP contribution in [0.2, 0.25) is 0 Å². The molecule has 0 bridgehead atoms. The number of sulfone groups is 1. The lowest BCUT2D eigenvalue weighted by Crippen LogP contribution is -2.45. The molecule has 1 aromatic carbocycles. The number of ether oxygens (including phenoxy) is 1. The van der Waals surface area contributed by atoms with Crippen molar-refractivity contribution in [2.24, 2.45) is 0 Å². The molecule has 1 N–H and O–H groups in total. The van der Waals surface area contributed by atoms with Gasteiger partial charge in [-0.25, -0.2) is 13.4 Å². The number of benzene rings is 1. The fraction of sp³-hybridized carbons (Fsp3) is 0.483. The standard InChI is InChI=1S/C29H36N4O4S/c1-19-17-33(18-20(2)37-19)28-9-5-8-27(32-28)21-10-11-22-16-30-25(13-23(22)12-21)15-29(34)31-24-6-4-7-26(14-24)38(3,35)36/h5,8-13,16,19-20,24,26H,4,6-7,14-15,17-18H2,1-3H3,(H,31,34)/t19-,20+,24-,26?/m0/s1. The van der Waals surface area contributed by atoms with E-state index in [0.29, 0.717) is 18.5 Å². The third-order valence-electron chi connectivity index (χ3n) is 7.49. The molecule has 0 spiro atoms. The first kappa shape index (κ1) is 26.6. The van der Waals surface area contributed by atoms with Gasteiger partial charge in [-0.15, -0.1) is 0 Å². The zero-order chi connectivity index (χ0) is 26.9. The molecule has 38 heavy (non-hydrogen) atoms. The number of carbonyl (C=O) groups excluding carboxylic acids is 1. The van der Waals surface area contributed by atoms with Crippen LogP contribution in [0.4, 0.5) is 5.82 Å². The summed E-state index contributed by atoms with van der Waals surface area (Å²) in [6.07, 6.45) is 6.31. The van der Waals surface area contributed by atoms with Crippen LogP contribution in [0.3, 0.4) is 0 Å². The van der Waals surface area contributed by atoms with Gasteiger partial charge < -0.3 is 15.0 Å². The number of hydrogen-bond acceptors (Lipinski definition) is 7. The van der Waals surface area contributed by atoms with E-state index in [4.69, 9.17) is 9.72 Å². The van der Waals surface area contributed by atoms with Crippen molar-refractivity contribution < 1.29 is 17.9 Å². The molecule has 1 saturated heterocycles. The topological polar surface area (TPSA) is 101 Å².